The van der Waals surface area contributed by atoms with E-state index >= 15 is 0 Å². The van der Waals surface area contributed by atoms with Crippen LogP contribution in [0.1, 0.15) is 55.7 Å². The summed E-state index contributed by atoms with van der Waals surface area (Å²) in [5.41, 5.74) is 3.11. The Bertz CT molecular complexity index is 311. The molecule has 0 aromatic heterocycles. The summed E-state index contributed by atoms with van der Waals surface area (Å²) in [4.78, 5) is 0. The Kier molecular flexibility index (Phi) is 3.42. The zero-order valence-electron chi connectivity index (χ0n) is 9.79. The van der Waals surface area contributed by atoms with Crippen LogP contribution in [0.4, 0.5) is 0 Å². The predicted molar refractivity (Wildman–Crippen MR) is 65.1 cm³/mol. The molecule has 82 valence electrons. The third-order valence-electron chi connectivity index (χ3n) is 3.67. The summed E-state index contributed by atoms with van der Waals surface area (Å²) in [5.74, 6) is 0.837. The number of hydrogen-bond acceptors (Lipinski definition) is 1. The van der Waals surface area contributed by atoms with Gasteiger partial charge in [-0.05, 0) is 43.4 Å². The van der Waals surface area contributed by atoms with Crippen LogP contribution in [-0.2, 0) is 0 Å². The van der Waals surface area contributed by atoms with Crippen molar-refractivity contribution >= 4 is 0 Å². The van der Waals surface area contributed by atoms with Crippen LogP contribution >= 0.6 is 0 Å². The second-order valence-electron chi connectivity index (χ2n) is 4.51. The maximum absolute atomic E-state index is 3.41. The van der Waals surface area contributed by atoms with E-state index in [1.54, 1.807) is 5.56 Å². The summed E-state index contributed by atoms with van der Waals surface area (Å²) >= 11 is 0. The molecule has 0 bridgehead atoms. The smallest absolute Gasteiger partial charge is 0.0317 e. The SMILES string of the molecule is CCC(NC)c1ccccc1C1CCC1. The van der Waals surface area contributed by atoms with Gasteiger partial charge in [-0.2, -0.15) is 0 Å². The summed E-state index contributed by atoms with van der Waals surface area (Å²) < 4.78 is 0. The normalized spacial score (nSPS) is 18.5. The number of rotatable bonds is 4. The van der Waals surface area contributed by atoms with E-state index in [1.165, 1.54) is 31.2 Å². The molecule has 0 amide bonds. The van der Waals surface area contributed by atoms with E-state index in [1.807, 2.05) is 0 Å². The van der Waals surface area contributed by atoms with Crippen molar-refractivity contribution < 1.29 is 0 Å². The Balaban J connectivity index is 2.27. The first-order valence-corrected chi connectivity index (χ1v) is 6.13. The Hall–Kier alpha value is -0.820. The van der Waals surface area contributed by atoms with Gasteiger partial charge in [0.25, 0.3) is 0 Å². The highest BCUT2D eigenvalue weighted by molar-refractivity contribution is 5.34. The molecule has 0 spiro atoms. The minimum atomic E-state index is 0.529. The first-order valence-electron chi connectivity index (χ1n) is 6.13. The summed E-state index contributed by atoms with van der Waals surface area (Å²) in [5, 5.41) is 3.41. The highest BCUT2D eigenvalue weighted by atomic mass is 14.9. The monoisotopic (exact) mass is 203 g/mol. The first-order chi connectivity index (χ1) is 7.36. The number of hydrogen-bond donors (Lipinski definition) is 1. The molecule has 0 radical (unpaired) electrons. The van der Waals surface area contributed by atoms with Crippen LogP contribution in [0.15, 0.2) is 24.3 Å². The Morgan fingerprint density at radius 3 is 2.60 bits per heavy atom. The molecular formula is C14H21N. The van der Waals surface area contributed by atoms with Crippen LogP contribution < -0.4 is 5.32 Å². The maximum atomic E-state index is 3.41. The van der Waals surface area contributed by atoms with Crippen molar-refractivity contribution in [3.05, 3.63) is 35.4 Å². The van der Waals surface area contributed by atoms with Gasteiger partial charge in [0.05, 0.1) is 0 Å². The Morgan fingerprint density at radius 1 is 1.33 bits per heavy atom. The summed E-state index contributed by atoms with van der Waals surface area (Å²) in [6, 6.07) is 9.48. The molecule has 1 unspecified atom stereocenters. The molecule has 2 rings (SSSR count). The lowest BCUT2D eigenvalue weighted by Crippen LogP contribution is -2.20. The summed E-state index contributed by atoms with van der Waals surface area (Å²) in [6.07, 6.45) is 5.35. The maximum Gasteiger partial charge on any atom is 0.0317 e. The van der Waals surface area contributed by atoms with E-state index in [0.29, 0.717) is 6.04 Å². The number of benzene rings is 1. The second-order valence-corrected chi connectivity index (χ2v) is 4.51. The Labute approximate surface area is 92.9 Å². The fourth-order valence-electron chi connectivity index (χ4n) is 2.50. The van der Waals surface area contributed by atoms with Crippen LogP contribution in [0.25, 0.3) is 0 Å². The predicted octanol–water partition coefficient (Wildman–Crippen LogP) is 3.62. The van der Waals surface area contributed by atoms with Gasteiger partial charge in [0, 0.05) is 6.04 Å². The largest absolute Gasteiger partial charge is 0.313 e. The quantitative estimate of drug-likeness (QED) is 0.788. The lowest BCUT2D eigenvalue weighted by molar-refractivity contribution is 0.412. The molecule has 1 nitrogen and oxygen atoms in total. The minimum Gasteiger partial charge on any atom is -0.313 e. The van der Waals surface area contributed by atoms with E-state index in [9.17, 15) is 0 Å². The molecule has 1 N–H and O–H groups in total. The molecule has 1 aliphatic carbocycles. The van der Waals surface area contributed by atoms with Crippen LogP contribution in [0.3, 0.4) is 0 Å². The van der Waals surface area contributed by atoms with Crippen LogP contribution in [-0.4, -0.2) is 7.05 Å². The fourth-order valence-corrected chi connectivity index (χ4v) is 2.50. The van der Waals surface area contributed by atoms with Gasteiger partial charge in [-0.25, -0.2) is 0 Å². The van der Waals surface area contributed by atoms with Gasteiger partial charge in [-0.1, -0.05) is 37.6 Å². The van der Waals surface area contributed by atoms with E-state index in [0.717, 1.165) is 5.92 Å². The van der Waals surface area contributed by atoms with Gasteiger partial charge in [0.1, 0.15) is 0 Å². The van der Waals surface area contributed by atoms with Crippen molar-refractivity contribution in [1.82, 2.24) is 5.32 Å². The van der Waals surface area contributed by atoms with E-state index in [-0.39, 0.29) is 0 Å². The van der Waals surface area contributed by atoms with E-state index < -0.39 is 0 Å². The van der Waals surface area contributed by atoms with Gasteiger partial charge in [-0.3, -0.25) is 0 Å². The van der Waals surface area contributed by atoms with E-state index in [2.05, 4.69) is 43.6 Å². The second kappa shape index (κ2) is 4.80. The van der Waals surface area contributed by atoms with Crippen molar-refractivity contribution in [2.75, 3.05) is 7.05 Å². The lowest BCUT2D eigenvalue weighted by Gasteiger charge is -2.30. The molecule has 1 heteroatoms. The van der Waals surface area contributed by atoms with Crippen molar-refractivity contribution in [3.63, 3.8) is 0 Å². The highest BCUT2D eigenvalue weighted by Gasteiger charge is 2.23. The van der Waals surface area contributed by atoms with Crippen molar-refractivity contribution in [3.8, 4) is 0 Å². The zero-order valence-corrected chi connectivity index (χ0v) is 9.79. The Morgan fingerprint density at radius 2 is 2.07 bits per heavy atom. The molecular weight excluding hydrogens is 182 g/mol. The van der Waals surface area contributed by atoms with Gasteiger partial charge in [0.2, 0.25) is 0 Å². The van der Waals surface area contributed by atoms with Gasteiger partial charge in [0.15, 0.2) is 0 Å². The average molecular weight is 203 g/mol. The van der Waals surface area contributed by atoms with Crippen LogP contribution in [0, 0.1) is 0 Å². The topological polar surface area (TPSA) is 12.0 Å². The minimum absolute atomic E-state index is 0.529. The van der Waals surface area contributed by atoms with Gasteiger partial charge < -0.3 is 5.32 Å². The first kappa shape index (κ1) is 10.7. The molecule has 1 aliphatic rings. The molecule has 1 atom stereocenters. The summed E-state index contributed by atoms with van der Waals surface area (Å²) in [7, 11) is 2.06. The molecule has 0 saturated heterocycles. The molecule has 0 heterocycles. The molecule has 1 aromatic carbocycles. The fraction of sp³-hybridized carbons (Fsp3) is 0.571. The van der Waals surface area contributed by atoms with Crippen molar-refractivity contribution in [2.45, 2.75) is 44.6 Å². The van der Waals surface area contributed by atoms with E-state index in [4.69, 9.17) is 0 Å². The molecule has 0 aliphatic heterocycles. The average Bonchev–Trinajstić information content (AvgIpc) is 2.20. The van der Waals surface area contributed by atoms with Gasteiger partial charge in [-0.15, -0.1) is 0 Å². The summed E-state index contributed by atoms with van der Waals surface area (Å²) in [6.45, 7) is 2.25. The number of nitrogens with one attached hydrogen (secondary N) is 1. The van der Waals surface area contributed by atoms with Crippen LogP contribution in [0.5, 0.6) is 0 Å². The third kappa shape index (κ3) is 2.07. The lowest BCUT2D eigenvalue weighted by atomic mass is 9.77. The molecule has 1 saturated carbocycles. The third-order valence-corrected chi connectivity index (χ3v) is 3.67. The van der Waals surface area contributed by atoms with Crippen LogP contribution in [0.2, 0.25) is 0 Å². The molecule has 15 heavy (non-hydrogen) atoms. The van der Waals surface area contributed by atoms with Gasteiger partial charge >= 0.3 is 0 Å². The zero-order chi connectivity index (χ0) is 10.7. The molecule has 1 fully saturated rings. The highest BCUT2D eigenvalue weighted by Crippen LogP contribution is 2.39. The molecule has 1 aromatic rings. The standard InChI is InChI=1S/C14H21N/c1-3-14(15-2)13-10-5-4-9-12(13)11-7-6-8-11/h4-5,9-11,14-15H,3,6-8H2,1-2H3. The van der Waals surface area contributed by atoms with Crippen molar-refractivity contribution in [1.29, 1.82) is 0 Å². The van der Waals surface area contributed by atoms with Crippen molar-refractivity contribution in [2.24, 2.45) is 0 Å².